The number of hydrogen-bond acceptors (Lipinski definition) is 2. The topological polar surface area (TPSA) is 24.1 Å². The molecule has 2 aromatic carbocycles. The van der Waals surface area contributed by atoms with Gasteiger partial charge in [0.2, 0.25) is 0 Å². The van der Waals surface area contributed by atoms with Crippen molar-refractivity contribution in [1.29, 1.82) is 0 Å². The van der Waals surface area contributed by atoms with Gasteiger partial charge in [-0.15, -0.1) is 0 Å². The Labute approximate surface area is 135 Å². The molecule has 4 atom stereocenters. The molecular weight excluding hydrogens is 268 g/mol. The van der Waals surface area contributed by atoms with Crippen LogP contribution >= 0.6 is 0 Å². The number of benzene rings is 2. The Bertz CT molecular complexity index is 487. The molecule has 0 saturated carbocycles. The van der Waals surface area contributed by atoms with Gasteiger partial charge in [0.05, 0.1) is 0 Å². The monoisotopic (exact) mass is 296 g/mol. The molecule has 2 nitrogen and oxygen atoms in total. The maximum atomic E-state index is 3.69. The van der Waals surface area contributed by atoms with Crippen LogP contribution in [0.25, 0.3) is 0 Å². The Morgan fingerprint density at radius 3 is 1.18 bits per heavy atom. The van der Waals surface area contributed by atoms with Crippen molar-refractivity contribution in [3.05, 3.63) is 71.8 Å². The third kappa shape index (κ3) is 4.69. The summed E-state index contributed by atoms with van der Waals surface area (Å²) in [6, 6.07) is 22.7. The second kappa shape index (κ2) is 8.11. The van der Waals surface area contributed by atoms with Gasteiger partial charge in [0.1, 0.15) is 0 Å². The van der Waals surface area contributed by atoms with Crippen LogP contribution in [0.2, 0.25) is 0 Å². The van der Waals surface area contributed by atoms with Crippen LogP contribution in [0, 0.1) is 0 Å². The summed E-state index contributed by atoms with van der Waals surface area (Å²) in [6.07, 6.45) is 0. The molecule has 118 valence electrons. The number of hydrogen-bond donors (Lipinski definition) is 2. The van der Waals surface area contributed by atoms with Gasteiger partial charge in [-0.05, 0) is 38.8 Å². The minimum absolute atomic E-state index is 0.354. The molecule has 0 spiro atoms. The van der Waals surface area contributed by atoms with Gasteiger partial charge in [-0.25, -0.2) is 0 Å². The van der Waals surface area contributed by atoms with E-state index in [0.717, 1.165) is 0 Å². The molecule has 0 fully saturated rings. The van der Waals surface area contributed by atoms with Gasteiger partial charge in [0.25, 0.3) is 0 Å². The second-order valence-electron chi connectivity index (χ2n) is 6.18. The van der Waals surface area contributed by atoms with E-state index in [1.165, 1.54) is 11.1 Å². The first-order valence-electron chi connectivity index (χ1n) is 8.20. The van der Waals surface area contributed by atoms with Crippen LogP contribution in [-0.4, -0.2) is 12.1 Å². The Morgan fingerprint density at radius 1 is 0.545 bits per heavy atom. The first-order chi connectivity index (χ1) is 10.6. The van der Waals surface area contributed by atoms with E-state index in [2.05, 4.69) is 99.0 Å². The molecule has 0 radical (unpaired) electrons. The minimum Gasteiger partial charge on any atom is -0.306 e. The minimum atomic E-state index is 0.354. The van der Waals surface area contributed by atoms with Gasteiger partial charge in [-0.3, -0.25) is 0 Å². The molecule has 0 aliphatic carbocycles. The first-order valence-corrected chi connectivity index (χ1v) is 8.20. The molecule has 2 aromatic rings. The Morgan fingerprint density at radius 2 is 0.864 bits per heavy atom. The molecule has 0 saturated heterocycles. The molecule has 0 aromatic heterocycles. The van der Waals surface area contributed by atoms with Gasteiger partial charge in [0.15, 0.2) is 0 Å². The van der Waals surface area contributed by atoms with Crippen LogP contribution in [-0.2, 0) is 0 Å². The summed E-state index contributed by atoms with van der Waals surface area (Å²) in [5.41, 5.74) is 2.66. The lowest BCUT2D eigenvalue weighted by atomic mass is 10.0. The van der Waals surface area contributed by atoms with Crippen molar-refractivity contribution in [2.45, 2.75) is 51.9 Å². The van der Waals surface area contributed by atoms with Gasteiger partial charge >= 0.3 is 0 Å². The third-order valence-electron chi connectivity index (χ3n) is 4.37. The van der Waals surface area contributed by atoms with E-state index in [4.69, 9.17) is 0 Å². The zero-order valence-corrected chi connectivity index (χ0v) is 14.1. The van der Waals surface area contributed by atoms with Crippen molar-refractivity contribution in [2.24, 2.45) is 0 Å². The Balaban J connectivity index is 1.88. The first kappa shape index (κ1) is 16.7. The van der Waals surface area contributed by atoms with Crippen molar-refractivity contribution >= 4 is 0 Å². The Hall–Kier alpha value is -1.64. The van der Waals surface area contributed by atoms with E-state index in [0.29, 0.717) is 24.2 Å². The quantitative estimate of drug-likeness (QED) is 0.788. The standard InChI is InChI=1S/C20H28N2/c1-15(21-17(3)19-11-7-5-8-12-19)16(2)22-18(4)20-13-9-6-10-14-20/h5-18,21-22H,1-4H3/t15-,16-,17+,18+/m1/s1. The molecule has 0 aliphatic heterocycles. The molecule has 0 amide bonds. The molecule has 0 heterocycles. The maximum absolute atomic E-state index is 3.69. The average Bonchev–Trinajstić information content (AvgIpc) is 2.56. The molecular formula is C20H28N2. The Kier molecular flexibility index (Phi) is 6.17. The fourth-order valence-corrected chi connectivity index (χ4v) is 2.75. The van der Waals surface area contributed by atoms with Crippen LogP contribution < -0.4 is 10.6 Å². The summed E-state index contributed by atoms with van der Waals surface area (Å²) in [5, 5.41) is 7.38. The third-order valence-corrected chi connectivity index (χ3v) is 4.37. The van der Waals surface area contributed by atoms with Gasteiger partial charge in [-0.2, -0.15) is 0 Å². The van der Waals surface area contributed by atoms with Crippen molar-refractivity contribution in [2.75, 3.05) is 0 Å². The summed E-state index contributed by atoms with van der Waals surface area (Å²) >= 11 is 0. The van der Waals surface area contributed by atoms with E-state index < -0.39 is 0 Å². The van der Waals surface area contributed by atoms with Gasteiger partial charge < -0.3 is 10.6 Å². The van der Waals surface area contributed by atoms with Crippen molar-refractivity contribution in [3.8, 4) is 0 Å². The van der Waals surface area contributed by atoms with Crippen molar-refractivity contribution in [3.63, 3.8) is 0 Å². The van der Waals surface area contributed by atoms with Gasteiger partial charge in [0, 0.05) is 24.2 Å². The highest BCUT2D eigenvalue weighted by atomic mass is 15.0. The maximum Gasteiger partial charge on any atom is 0.0294 e. The normalized spacial score (nSPS) is 16.7. The second-order valence-corrected chi connectivity index (χ2v) is 6.18. The summed E-state index contributed by atoms with van der Waals surface area (Å²) in [7, 11) is 0. The van der Waals surface area contributed by atoms with Crippen LogP contribution in [0.15, 0.2) is 60.7 Å². The fourth-order valence-electron chi connectivity index (χ4n) is 2.75. The van der Waals surface area contributed by atoms with E-state index >= 15 is 0 Å². The van der Waals surface area contributed by atoms with Crippen LogP contribution in [0.4, 0.5) is 0 Å². The molecule has 0 bridgehead atoms. The lowest BCUT2D eigenvalue weighted by Crippen LogP contribution is -2.45. The highest BCUT2D eigenvalue weighted by molar-refractivity contribution is 5.19. The predicted octanol–water partition coefficient (Wildman–Crippen LogP) is 4.47. The highest BCUT2D eigenvalue weighted by Gasteiger charge is 2.17. The SMILES string of the molecule is C[C@H](N[C@H](C)[C@@H](C)N[C@@H](C)c1ccccc1)c1ccccc1. The zero-order chi connectivity index (χ0) is 15.9. The van der Waals surface area contributed by atoms with E-state index in [1.54, 1.807) is 0 Å². The number of nitrogens with one attached hydrogen (secondary N) is 2. The van der Waals surface area contributed by atoms with Crippen LogP contribution in [0.5, 0.6) is 0 Å². The molecule has 0 unspecified atom stereocenters. The largest absolute Gasteiger partial charge is 0.306 e. The lowest BCUT2D eigenvalue weighted by Gasteiger charge is -2.29. The number of rotatable bonds is 7. The summed E-state index contributed by atoms with van der Waals surface area (Å²) in [6.45, 7) is 8.93. The lowest BCUT2D eigenvalue weighted by molar-refractivity contribution is 0.356. The molecule has 2 rings (SSSR count). The molecule has 2 N–H and O–H groups in total. The van der Waals surface area contributed by atoms with Gasteiger partial charge in [-0.1, -0.05) is 60.7 Å². The fraction of sp³-hybridized carbons (Fsp3) is 0.400. The predicted molar refractivity (Wildman–Crippen MR) is 94.9 cm³/mol. The van der Waals surface area contributed by atoms with Crippen LogP contribution in [0.1, 0.15) is 50.9 Å². The smallest absolute Gasteiger partial charge is 0.0294 e. The molecule has 2 heteroatoms. The van der Waals surface area contributed by atoms with Crippen molar-refractivity contribution in [1.82, 2.24) is 10.6 Å². The molecule has 22 heavy (non-hydrogen) atoms. The summed E-state index contributed by atoms with van der Waals surface area (Å²) in [4.78, 5) is 0. The zero-order valence-electron chi connectivity index (χ0n) is 14.1. The summed E-state index contributed by atoms with van der Waals surface area (Å²) < 4.78 is 0. The summed E-state index contributed by atoms with van der Waals surface area (Å²) in [5.74, 6) is 0. The van der Waals surface area contributed by atoms with E-state index in [1.807, 2.05) is 0 Å². The highest BCUT2D eigenvalue weighted by Crippen LogP contribution is 2.15. The van der Waals surface area contributed by atoms with E-state index in [-0.39, 0.29) is 0 Å². The van der Waals surface area contributed by atoms with Crippen molar-refractivity contribution < 1.29 is 0 Å². The van der Waals surface area contributed by atoms with Crippen LogP contribution in [0.3, 0.4) is 0 Å². The molecule has 0 aliphatic rings. The van der Waals surface area contributed by atoms with E-state index in [9.17, 15) is 0 Å². The average molecular weight is 296 g/mol.